The van der Waals surface area contributed by atoms with Crippen molar-refractivity contribution in [1.29, 1.82) is 0 Å². The molecule has 2 aliphatic rings. The van der Waals surface area contributed by atoms with Gasteiger partial charge in [0.1, 0.15) is 0 Å². The molecular formula is C20H27N3O3S. The largest absolute Gasteiger partial charge is 0.341 e. The minimum absolute atomic E-state index is 0.0102. The quantitative estimate of drug-likeness (QED) is 0.760. The second-order valence-electron chi connectivity index (χ2n) is 7.08. The third-order valence-electron chi connectivity index (χ3n) is 5.03. The second-order valence-corrected chi connectivity index (χ2v) is 7.93. The molecule has 6 nitrogen and oxygen atoms in total. The molecule has 27 heavy (non-hydrogen) atoms. The predicted octanol–water partition coefficient (Wildman–Crippen LogP) is 2.60. The molecule has 1 N–H and O–H groups in total. The first-order valence-electron chi connectivity index (χ1n) is 9.58. The second kappa shape index (κ2) is 9.26. The maximum Gasteiger partial charge on any atom is 0.225 e. The highest BCUT2D eigenvalue weighted by Gasteiger charge is 2.34. The first-order valence-corrected chi connectivity index (χ1v) is 10.8. The summed E-state index contributed by atoms with van der Waals surface area (Å²) in [7, 11) is 0. The Bertz CT molecular complexity index is 705. The van der Waals surface area contributed by atoms with E-state index < -0.39 is 0 Å². The van der Waals surface area contributed by atoms with E-state index in [2.05, 4.69) is 5.32 Å². The average Bonchev–Trinajstić information content (AvgIpc) is 3.52. The summed E-state index contributed by atoms with van der Waals surface area (Å²) in [6.07, 6.45) is 5.15. The van der Waals surface area contributed by atoms with Gasteiger partial charge in [0.2, 0.25) is 17.7 Å². The van der Waals surface area contributed by atoms with Crippen LogP contribution in [0.2, 0.25) is 0 Å². The van der Waals surface area contributed by atoms with Crippen LogP contribution < -0.4 is 5.32 Å². The fourth-order valence-corrected chi connectivity index (χ4v) is 3.87. The van der Waals surface area contributed by atoms with Crippen molar-refractivity contribution in [2.75, 3.05) is 37.8 Å². The highest BCUT2D eigenvalue weighted by Crippen LogP contribution is 2.31. The molecule has 1 aliphatic heterocycles. The summed E-state index contributed by atoms with van der Waals surface area (Å²) >= 11 is 1.57. The van der Waals surface area contributed by atoms with Gasteiger partial charge in [-0.3, -0.25) is 14.4 Å². The van der Waals surface area contributed by atoms with Crippen molar-refractivity contribution >= 4 is 35.2 Å². The molecule has 2 fully saturated rings. The Balaban J connectivity index is 1.44. The van der Waals surface area contributed by atoms with E-state index in [-0.39, 0.29) is 36.5 Å². The SMILES string of the molecule is CSc1ccccc1NC(=O)CCC(=O)N1CCCN(C(=O)C2CC2)CC1. The summed E-state index contributed by atoms with van der Waals surface area (Å²) in [5.41, 5.74) is 0.784. The molecule has 7 heteroatoms. The van der Waals surface area contributed by atoms with Gasteiger partial charge < -0.3 is 15.1 Å². The van der Waals surface area contributed by atoms with Crippen molar-refractivity contribution in [2.45, 2.75) is 37.0 Å². The minimum atomic E-state index is -0.148. The monoisotopic (exact) mass is 389 g/mol. The summed E-state index contributed by atoms with van der Waals surface area (Å²) < 4.78 is 0. The lowest BCUT2D eigenvalue weighted by atomic mass is 10.2. The topological polar surface area (TPSA) is 69.7 Å². The van der Waals surface area contributed by atoms with Crippen molar-refractivity contribution in [3.63, 3.8) is 0 Å². The first-order chi connectivity index (χ1) is 13.1. The molecule has 0 unspecified atom stereocenters. The summed E-state index contributed by atoms with van der Waals surface area (Å²) in [6, 6.07) is 7.64. The van der Waals surface area contributed by atoms with E-state index in [0.717, 1.165) is 36.4 Å². The number of hydrogen-bond donors (Lipinski definition) is 1. The molecule has 0 aromatic heterocycles. The van der Waals surface area contributed by atoms with E-state index in [9.17, 15) is 14.4 Å². The molecule has 0 spiro atoms. The van der Waals surface area contributed by atoms with Gasteiger partial charge in [0.25, 0.3) is 0 Å². The summed E-state index contributed by atoms with van der Waals surface area (Å²) in [6.45, 7) is 2.55. The summed E-state index contributed by atoms with van der Waals surface area (Å²) in [5.74, 6) is 0.311. The molecule has 1 aromatic rings. The number of carbonyl (C=O) groups is 3. The van der Waals surface area contributed by atoms with Crippen LogP contribution in [0, 0.1) is 5.92 Å². The van der Waals surface area contributed by atoms with Gasteiger partial charge in [0.05, 0.1) is 5.69 Å². The summed E-state index contributed by atoms with van der Waals surface area (Å²) in [4.78, 5) is 41.6. The van der Waals surface area contributed by atoms with Gasteiger partial charge in [0, 0.05) is 49.8 Å². The smallest absolute Gasteiger partial charge is 0.225 e. The van der Waals surface area contributed by atoms with Crippen molar-refractivity contribution in [3.05, 3.63) is 24.3 Å². The molecule has 0 radical (unpaired) electrons. The maximum absolute atomic E-state index is 12.5. The van der Waals surface area contributed by atoms with Crippen LogP contribution >= 0.6 is 11.8 Å². The van der Waals surface area contributed by atoms with E-state index in [1.807, 2.05) is 35.4 Å². The average molecular weight is 390 g/mol. The van der Waals surface area contributed by atoms with Crippen molar-refractivity contribution in [1.82, 2.24) is 9.80 Å². The van der Waals surface area contributed by atoms with Gasteiger partial charge in [-0.1, -0.05) is 12.1 Å². The lowest BCUT2D eigenvalue weighted by Crippen LogP contribution is -2.38. The Morgan fingerprint density at radius 3 is 2.48 bits per heavy atom. The number of amides is 3. The number of nitrogens with zero attached hydrogens (tertiary/aromatic N) is 2. The Hall–Kier alpha value is -2.02. The normalized spacial score (nSPS) is 17.4. The third-order valence-corrected chi connectivity index (χ3v) is 5.83. The number of thioether (sulfide) groups is 1. The molecule has 3 rings (SSSR count). The van der Waals surface area contributed by atoms with Gasteiger partial charge in [-0.05, 0) is 37.7 Å². The van der Waals surface area contributed by atoms with E-state index >= 15 is 0 Å². The number of benzene rings is 1. The molecule has 1 aliphatic carbocycles. The van der Waals surface area contributed by atoms with Gasteiger partial charge in [0.15, 0.2) is 0 Å². The number of para-hydroxylation sites is 1. The molecule has 1 heterocycles. The van der Waals surface area contributed by atoms with Crippen LogP contribution in [0.1, 0.15) is 32.1 Å². The fourth-order valence-electron chi connectivity index (χ4n) is 3.31. The maximum atomic E-state index is 12.5. The highest BCUT2D eigenvalue weighted by atomic mass is 32.2. The first kappa shape index (κ1) is 19.7. The van der Waals surface area contributed by atoms with Crippen molar-refractivity contribution in [3.8, 4) is 0 Å². The lowest BCUT2D eigenvalue weighted by Gasteiger charge is -2.22. The standard InChI is InChI=1S/C20H27N3O3S/c1-27-17-6-3-2-5-16(17)21-18(24)9-10-19(25)22-11-4-12-23(14-13-22)20(26)15-7-8-15/h2-3,5-6,15H,4,7-14H2,1H3,(H,21,24). The fraction of sp³-hybridized carbons (Fsp3) is 0.550. The Kier molecular flexibility index (Phi) is 6.77. The molecule has 1 saturated heterocycles. The van der Waals surface area contributed by atoms with E-state index in [4.69, 9.17) is 0 Å². The van der Waals surface area contributed by atoms with Crippen LogP contribution in [0.15, 0.2) is 29.2 Å². The zero-order chi connectivity index (χ0) is 19.2. The van der Waals surface area contributed by atoms with Gasteiger partial charge >= 0.3 is 0 Å². The molecule has 0 atom stereocenters. The number of anilines is 1. The van der Waals surface area contributed by atoms with Gasteiger partial charge in [-0.2, -0.15) is 0 Å². The minimum Gasteiger partial charge on any atom is -0.341 e. The molecule has 1 saturated carbocycles. The molecule has 146 valence electrons. The van der Waals surface area contributed by atoms with Gasteiger partial charge in [-0.25, -0.2) is 0 Å². The Morgan fingerprint density at radius 2 is 1.74 bits per heavy atom. The molecular weight excluding hydrogens is 362 g/mol. The highest BCUT2D eigenvalue weighted by molar-refractivity contribution is 7.98. The Labute approximate surface area is 164 Å². The number of carbonyl (C=O) groups excluding carboxylic acids is 3. The van der Waals surface area contributed by atoms with Crippen LogP contribution in [-0.2, 0) is 14.4 Å². The van der Waals surface area contributed by atoms with Crippen LogP contribution in [-0.4, -0.2) is 60.0 Å². The number of nitrogens with one attached hydrogen (secondary N) is 1. The molecule has 0 bridgehead atoms. The third kappa shape index (κ3) is 5.48. The Morgan fingerprint density at radius 1 is 1.04 bits per heavy atom. The zero-order valence-corrected chi connectivity index (χ0v) is 16.6. The van der Waals surface area contributed by atoms with E-state index in [0.29, 0.717) is 19.6 Å². The van der Waals surface area contributed by atoms with E-state index in [1.165, 1.54) is 0 Å². The van der Waals surface area contributed by atoms with E-state index in [1.54, 1.807) is 16.7 Å². The van der Waals surface area contributed by atoms with Crippen molar-refractivity contribution < 1.29 is 14.4 Å². The number of hydrogen-bond acceptors (Lipinski definition) is 4. The predicted molar refractivity (Wildman–Crippen MR) is 107 cm³/mol. The van der Waals surface area contributed by atoms with Crippen LogP contribution in [0.3, 0.4) is 0 Å². The van der Waals surface area contributed by atoms with Crippen molar-refractivity contribution in [2.24, 2.45) is 5.92 Å². The summed E-state index contributed by atoms with van der Waals surface area (Å²) in [5, 5.41) is 2.89. The van der Waals surface area contributed by atoms with Crippen LogP contribution in [0.25, 0.3) is 0 Å². The number of rotatable bonds is 6. The lowest BCUT2D eigenvalue weighted by molar-refractivity contribution is -0.134. The zero-order valence-electron chi connectivity index (χ0n) is 15.8. The molecule has 3 amide bonds. The molecule has 1 aromatic carbocycles. The van der Waals surface area contributed by atoms with Crippen LogP contribution in [0.4, 0.5) is 5.69 Å². The van der Waals surface area contributed by atoms with Crippen LogP contribution in [0.5, 0.6) is 0 Å². The van der Waals surface area contributed by atoms with Gasteiger partial charge in [-0.15, -0.1) is 11.8 Å².